The van der Waals surface area contributed by atoms with Crippen molar-refractivity contribution in [1.29, 1.82) is 0 Å². The van der Waals surface area contributed by atoms with Crippen LogP contribution in [0.5, 0.6) is 0 Å². The lowest BCUT2D eigenvalue weighted by Crippen LogP contribution is -2.48. The van der Waals surface area contributed by atoms with E-state index in [9.17, 15) is 9.59 Å². The highest BCUT2D eigenvalue weighted by atomic mass is 16.2. The number of carbonyl (C=O) groups excluding carboxylic acids is 2. The fourth-order valence-corrected chi connectivity index (χ4v) is 2.34. The van der Waals surface area contributed by atoms with Crippen LogP contribution < -0.4 is 0 Å². The van der Waals surface area contributed by atoms with Crippen molar-refractivity contribution in [2.75, 3.05) is 26.2 Å². The van der Waals surface area contributed by atoms with Gasteiger partial charge in [-0.3, -0.25) is 9.59 Å². The molecule has 0 bridgehead atoms. The van der Waals surface area contributed by atoms with Gasteiger partial charge in [-0.25, -0.2) is 0 Å². The number of amides is 2. The van der Waals surface area contributed by atoms with Gasteiger partial charge in [0.25, 0.3) is 0 Å². The first-order valence-corrected chi connectivity index (χ1v) is 6.63. The number of rotatable bonds is 3. The highest BCUT2D eigenvalue weighted by Crippen LogP contribution is 2.13. The van der Waals surface area contributed by atoms with Crippen molar-refractivity contribution < 1.29 is 9.59 Å². The van der Waals surface area contributed by atoms with Crippen LogP contribution in [0.3, 0.4) is 0 Å². The summed E-state index contributed by atoms with van der Waals surface area (Å²) < 4.78 is 0. The standard InChI is InChI=1S/C15H20N2O2/c1-12-3-4-13(2)14(9-12)10-15(19)17-7-5-16(11-18)6-8-17/h3-4,9,11H,5-8,10H2,1-2H3. The highest BCUT2D eigenvalue weighted by Gasteiger charge is 2.20. The summed E-state index contributed by atoms with van der Waals surface area (Å²) in [7, 11) is 0. The summed E-state index contributed by atoms with van der Waals surface area (Å²) in [4.78, 5) is 26.4. The zero-order valence-corrected chi connectivity index (χ0v) is 11.6. The molecule has 1 saturated heterocycles. The van der Waals surface area contributed by atoms with Gasteiger partial charge in [0.05, 0.1) is 6.42 Å². The molecule has 1 fully saturated rings. The second kappa shape index (κ2) is 5.87. The lowest BCUT2D eigenvalue weighted by Gasteiger charge is -2.32. The third-order valence-corrected chi connectivity index (χ3v) is 3.66. The molecule has 0 aromatic heterocycles. The van der Waals surface area contributed by atoms with Crippen LogP contribution in [-0.4, -0.2) is 48.3 Å². The van der Waals surface area contributed by atoms with Crippen molar-refractivity contribution in [3.05, 3.63) is 34.9 Å². The molecule has 4 nitrogen and oxygen atoms in total. The Balaban J connectivity index is 1.98. The normalized spacial score (nSPS) is 15.5. The molecule has 0 aliphatic carbocycles. The van der Waals surface area contributed by atoms with E-state index in [0.29, 0.717) is 32.6 Å². The predicted molar refractivity (Wildman–Crippen MR) is 73.8 cm³/mol. The van der Waals surface area contributed by atoms with E-state index in [0.717, 1.165) is 17.5 Å². The molecule has 1 aliphatic heterocycles. The first-order valence-electron chi connectivity index (χ1n) is 6.63. The van der Waals surface area contributed by atoms with Crippen LogP contribution in [0.2, 0.25) is 0 Å². The SMILES string of the molecule is Cc1ccc(C)c(CC(=O)N2CCN(C=O)CC2)c1. The Morgan fingerprint density at radius 1 is 1.21 bits per heavy atom. The summed E-state index contributed by atoms with van der Waals surface area (Å²) in [6, 6.07) is 6.20. The summed E-state index contributed by atoms with van der Waals surface area (Å²) in [5.41, 5.74) is 3.44. The largest absolute Gasteiger partial charge is 0.342 e. The second-order valence-electron chi connectivity index (χ2n) is 5.13. The Kier molecular flexibility index (Phi) is 4.20. The lowest BCUT2D eigenvalue weighted by atomic mass is 10.0. The molecule has 2 rings (SSSR count). The summed E-state index contributed by atoms with van der Waals surface area (Å²) in [6.45, 7) is 6.64. The average molecular weight is 260 g/mol. The molecular formula is C15H20N2O2. The van der Waals surface area contributed by atoms with E-state index in [1.54, 1.807) is 4.90 Å². The molecule has 0 radical (unpaired) electrons. The van der Waals surface area contributed by atoms with Gasteiger partial charge in [-0.2, -0.15) is 0 Å². The second-order valence-corrected chi connectivity index (χ2v) is 5.13. The van der Waals surface area contributed by atoms with Crippen LogP contribution in [0, 0.1) is 13.8 Å². The molecular weight excluding hydrogens is 240 g/mol. The van der Waals surface area contributed by atoms with Gasteiger partial charge >= 0.3 is 0 Å². The number of piperazine rings is 1. The van der Waals surface area contributed by atoms with Crippen molar-refractivity contribution in [3.8, 4) is 0 Å². The number of hydrogen-bond acceptors (Lipinski definition) is 2. The number of carbonyl (C=O) groups is 2. The summed E-state index contributed by atoms with van der Waals surface area (Å²) >= 11 is 0. The molecule has 2 amide bonds. The number of nitrogens with zero attached hydrogens (tertiary/aromatic N) is 2. The fourth-order valence-electron chi connectivity index (χ4n) is 2.34. The van der Waals surface area contributed by atoms with Gasteiger partial charge < -0.3 is 9.80 Å². The summed E-state index contributed by atoms with van der Waals surface area (Å²) in [6.07, 6.45) is 1.31. The van der Waals surface area contributed by atoms with Crippen molar-refractivity contribution in [2.24, 2.45) is 0 Å². The minimum Gasteiger partial charge on any atom is -0.342 e. The maximum atomic E-state index is 12.2. The molecule has 102 valence electrons. The van der Waals surface area contributed by atoms with E-state index < -0.39 is 0 Å². The van der Waals surface area contributed by atoms with Gasteiger partial charge in [0.1, 0.15) is 0 Å². The fraction of sp³-hybridized carbons (Fsp3) is 0.467. The molecule has 0 N–H and O–H groups in total. The average Bonchev–Trinajstić information content (AvgIpc) is 2.43. The quantitative estimate of drug-likeness (QED) is 0.765. The molecule has 1 aliphatic rings. The third kappa shape index (κ3) is 3.34. The van der Waals surface area contributed by atoms with E-state index in [2.05, 4.69) is 18.2 Å². The van der Waals surface area contributed by atoms with Crippen molar-refractivity contribution >= 4 is 12.3 Å². The lowest BCUT2D eigenvalue weighted by molar-refractivity contribution is -0.134. The first kappa shape index (κ1) is 13.6. The van der Waals surface area contributed by atoms with Crippen LogP contribution in [-0.2, 0) is 16.0 Å². The zero-order chi connectivity index (χ0) is 13.8. The minimum absolute atomic E-state index is 0.152. The van der Waals surface area contributed by atoms with Gasteiger partial charge in [-0.1, -0.05) is 23.8 Å². The van der Waals surface area contributed by atoms with Crippen LogP contribution in [0.4, 0.5) is 0 Å². The molecule has 0 saturated carbocycles. The Morgan fingerprint density at radius 3 is 2.53 bits per heavy atom. The van der Waals surface area contributed by atoms with Crippen LogP contribution in [0.25, 0.3) is 0 Å². The van der Waals surface area contributed by atoms with Gasteiger partial charge in [-0.15, -0.1) is 0 Å². The number of benzene rings is 1. The van der Waals surface area contributed by atoms with E-state index >= 15 is 0 Å². The van der Waals surface area contributed by atoms with Crippen LogP contribution in [0.1, 0.15) is 16.7 Å². The molecule has 1 heterocycles. The van der Waals surface area contributed by atoms with Crippen LogP contribution >= 0.6 is 0 Å². The summed E-state index contributed by atoms with van der Waals surface area (Å²) in [5.74, 6) is 0.152. The van der Waals surface area contributed by atoms with Crippen molar-refractivity contribution in [1.82, 2.24) is 9.80 Å². The van der Waals surface area contributed by atoms with Crippen molar-refractivity contribution in [3.63, 3.8) is 0 Å². The molecule has 0 atom stereocenters. The molecule has 0 unspecified atom stereocenters. The molecule has 4 heteroatoms. The van der Waals surface area contributed by atoms with E-state index in [1.165, 1.54) is 5.56 Å². The Morgan fingerprint density at radius 2 is 1.89 bits per heavy atom. The molecule has 0 spiro atoms. The predicted octanol–water partition coefficient (Wildman–Crippen LogP) is 1.15. The smallest absolute Gasteiger partial charge is 0.227 e. The highest BCUT2D eigenvalue weighted by molar-refractivity contribution is 5.79. The van der Waals surface area contributed by atoms with Gasteiger partial charge in [0.2, 0.25) is 12.3 Å². The topological polar surface area (TPSA) is 40.6 Å². The Hall–Kier alpha value is -1.84. The van der Waals surface area contributed by atoms with Gasteiger partial charge in [-0.05, 0) is 25.0 Å². The molecule has 1 aromatic rings. The minimum atomic E-state index is 0.152. The maximum Gasteiger partial charge on any atom is 0.227 e. The molecule has 1 aromatic carbocycles. The number of aryl methyl sites for hydroxylation is 2. The van der Waals surface area contributed by atoms with E-state index in [-0.39, 0.29) is 5.91 Å². The summed E-state index contributed by atoms with van der Waals surface area (Å²) in [5, 5.41) is 0. The maximum absolute atomic E-state index is 12.2. The first-order chi connectivity index (χ1) is 9.10. The zero-order valence-electron chi connectivity index (χ0n) is 11.6. The monoisotopic (exact) mass is 260 g/mol. The number of hydrogen-bond donors (Lipinski definition) is 0. The van der Waals surface area contributed by atoms with Gasteiger partial charge in [0.15, 0.2) is 0 Å². The van der Waals surface area contributed by atoms with E-state index in [4.69, 9.17) is 0 Å². The van der Waals surface area contributed by atoms with Crippen LogP contribution in [0.15, 0.2) is 18.2 Å². The Labute approximate surface area is 114 Å². The molecule has 19 heavy (non-hydrogen) atoms. The van der Waals surface area contributed by atoms with E-state index in [1.807, 2.05) is 18.7 Å². The Bertz CT molecular complexity index is 477. The van der Waals surface area contributed by atoms with Crippen molar-refractivity contribution in [2.45, 2.75) is 20.3 Å². The van der Waals surface area contributed by atoms with Gasteiger partial charge in [0, 0.05) is 26.2 Å². The third-order valence-electron chi connectivity index (χ3n) is 3.66.